The highest BCUT2D eigenvalue weighted by Crippen LogP contribution is 2.23. The van der Waals surface area contributed by atoms with Gasteiger partial charge in [0, 0.05) is 11.8 Å². The van der Waals surface area contributed by atoms with Crippen LogP contribution in [0.3, 0.4) is 0 Å². The summed E-state index contributed by atoms with van der Waals surface area (Å²) in [6, 6.07) is 2.92. The Morgan fingerprint density at radius 1 is 1.20 bits per heavy atom. The number of sulfonamides is 1. The second-order valence-electron chi connectivity index (χ2n) is 6.07. The van der Waals surface area contributed by atoms with Crippen LogP contribution >= 0.6 is 11.6 Å². The van der Waals surface area contributed by atoms with Crippen molar-refractivity contribution in [3.8, 4) is 0 Å². The third-order valence-electron chi connectivity index (χ3n) is 3.99. The minimum absolute atomic E-state index is 0.00292. The van der Waals surface area contributed by atoms with E-state index in [9.17, 15) is 22.8 Å². The number of hydrogen-bond acceptors (Lipinski definition) is 8. The first-order valence-corrected chi connectivity index (χ1v) is 10.3. The number of esters is 2. The highest BCUT2D eigenvalue weighted by molar-refractivity contribution is 7.89. The molecule has 11 nitrogen and oxygen atoms in total. The predicted molar refractivity (Wildman–Crippen MR) is 105 cm³/mol. The molecule has 162 valence electrons. The molecule has 0 spiro atoms. The highest BCUT2D eigenvalue weighted by Gasteiger charge is 2.22. The molecular weight excluding hydrogens is 440 g/mol. The Morgan fingerprint density at radius 2 is 1.80 bits per heavy atom. The zero-order valence-electron chi connectivity index (χ0n) is 16.0. The summed E-state index contributed by atoms with van der Waals surface area (Å²) in [5.74, 6) is -1.75. The number of ether oxygens (including phenoxy) is 2. The summed E-state index contributed by atoms with van der Waals surface area (Å²) in [6.45, 7) is 0. The number of benzene rings is 1. The Hall–Kier alpha value is -2.96. The maximum Gasteiger partial charge on any atom is 0.307 e. The van der Waals surface area contributed by atoms with Gasteiger partial charge in [-0.25, -0.2) is 13.6 Å². The van der Waals surface area contributed by atoms with Gasteiger partial charge in [0.05, 0.1) is 50.0 Å². The fourth-order valence-corrected chi connectivity index (χ4v) is 3.55. The molecule has 2 aromatic rings. The molecule has 0 atom stereocenters. The Kier molecular flexibility index (Phi) is 7.54. The quantitative estimate of drug-likeness (QED) is 0.556. The molecule has 0 aliphatic carbocycles. The SMILES string of the molecule is COC(=O)CC(CC(=O)OC)n1cc(NC(=O)c2ccc(Cl)c(S(N)(=O)=O)c2)cn1. The maximum atomic E-state index is 12.5. The molecule has 1 aromatic carbocycles. The number of primary sulfonamides is 1. The second kappa shape index (κ2) is 9.69. The molecule has 0 bridgehead atoms. The summed E-state index contributed by atoms with van der Waals surface area (Å²) in [6.07, 6.45) is 2.42. The molecule has 0 saturated carbocycles. The third-order valence-corrected chi connectivity index (χ3v) is 5.39. The van der Waals surface area contributed by atoms with Crippen LogP contribution < -0.4 is 10.5 Å². The average Bonchev–Trinajstić information content (AvgIpc) is 3.14. The van der Waals surface area contributed by atoms with Gasteiger partial charge in [0.2, 0.25) is 10.0 Å². The summed E-state index contributed by atoms with van der Waals surface area (Å²) in [7, 11) is -1.68. The third kappa shape index (κ3) is 6.02. The summed E-state index contributed by atoms with van der Waals surface area (Å²) in [4.78, 5) is 35.3. The van der Waals surface area contributed by atoms with Gasteiger partial charge in [0.25, 0.3) is 5.91 Å². The first-order chi connectivity index (χ1) is 14.0. The first-order valence-electron chi connectivity index (χ1n) is 8.36. The van der Waals surface area contributed by atoms with E-state index >= 15 is 0 Å². The standard InChI is InChI=1S/C17H19ClN4O7S/c1-28-15(23)6-12(7-16(24)29-2)22-9-11(8-20-22)21-17(25)10-3-4-13(18)14(5-10)30(19,26)27/h3-5,8-9,12H,6-7H2,1-2H3,(H,21,25)(H2,19,26,27). The van der Waals surface area contributed by atoms with E-state index in [1.165, 1.54) is 43.4 Å². The zero-order valence-corrected chi connectivity index (χ0v) is 17.6. The van der Waals surface area contributed by atoms with E-state index in [0.717, 1.165) is 6.07 Å². The van der Waals surface area contributed by atoms with Gasteiger partial charge >= 0.3 is 11.9 Å². The molecule has 0 fully saturated rings. The van der Waals surface area contributed by atoms with E-state index in [-0.39, 0.29) is 34.0 Å². The Labute approximate surface area is 177 Å². The van der Waals surface area contributed by atoms with Crippen molar-refractivity contribution >= 4 is 45.2 Å². The Balaban J connectivity index is 2.21. The van der Waals surface area contributed by atoms with E-state index in [1.54, 1.807) is 0 Å². The van der Waals surface area contributed by atoms with E-state index < -0.39 is 33.9 Å². The number of nitrogens with one attached hydrogen (secondary N) is 1. The van der Waals surface area contributed by atoms with Crippen molar-refractivity contribution in [2.24, 2.45) is 5.14 Å². The van der Waals surface area contributed by atoms with Crippen LogP contribution in [0.4, 0.5) is 5.69 Å². The summed E-state index contributed by atoms with van der Waals surface area (Å²) in [5.41, 5.74) is 0.240. The number of aromatic nitrogens is 2. The van der Waals surface area contributed by atoms with E-state index in [4.69, 9.17) is 16.7 Å². The lowest BCUT2D eigenvalue weighted by molar-refractivity contribution is -0.144. The summed E-state index contributed by atoms with van der Waals surface area (Å²) < 4.78 is 33.7. The first kappa shape index (κ1) is 23.3. The number of rotatable bonds is 8. The van der Waals surface area contributed by atoms with Gasteiger partial charge in [-0.05, 0) is 18.2 Å². The Morgan fingerprint density at radius 3 is 2.33 bits per heavy atom. The lowest BCUT2D eigenvalue weighted by Crippen LogP contribution is -2.19. The number of amides is 1. The van der Waals surface area contributed by atoms with Crippen LogP contribution in [0.25, 0.3) is 0 Å². The normalized spacial score (nSPS) is 11.2. The summed E-state index contributed by atoms with van der Waals surface area (Å²) >= 11 is 5.81. The molecule has 3 N–H and O–H groups in total. The lowest BCUT2D eigenvalue weighted by atomic mass is 10.1. The van der Waals surface area contributed by atoms with Gasteiger partial charge < -0.3 is 14.8 Å². The number of carbonyl (C=O) groups excluding carboxylic acids is 3. The molecular formula is C17H19ClN4O7S. The van der Waals surface area contributed by atoms with Gasteiger partial charge in [-0.15, -0.1) is 0 Å². The fourth-order valence-electron chi connectivity index (χ4n) is 2.48. The number of anilines is 1. The number of nitrogens with zero attached hydrogens (tertiary/aromatic N) is 2. The van der Waals surface area contributed by atoms with Gasteiger partial charge in [0.1, 0.15) is 4.90 Å². The molecule has 0 saturated heterocycles. The van der Waals surface area contributed by atoms with Crippen LogP contribution in [-0.2, 0) is 29.1 Å². The second-order valence-corrected chi connectivity index (χ2v) is 8.00. The van der Waals surface area contributed by atoms with Crippen LogP contribution in [0, 0.1) is 0 Å². The monoisotopic (exact) mass is 458 g/mol. The molecule has 0 radical (unpaired) electrons. The van der Waals surface area contributed by atoms with Gasteiger partial charge in [0.15, 0.2) is 0 Å². The molecule has 30 heavy (non-hydrogen) atoms. The number of hydrogen-bond donors (Lipinski definition) is 2. The van der Waals surface area contributed by atoms with E-state index in [2.05, 4.69) is 19.9 Å². The van der Waals surface area contributed by atoms with Crippen molar-refractivity contribution in [2.75, 3.05) is 19.5 Å². The number of carbonyl (C=O) groups is 3. The van der Waals surface area contributed by atoms with Crippen LogP contribution in [-0.4, -0.2) is 50.3 Å². The van der Waals surface area contributed by atoms with Crippen molar-refractivity contribution in [3.63, 3.8) is 0 Å². The number of methoxy groups -OCH3 is 2. The van der Waals surface area contributed by atoms with Gasteiger partial charge in [-0.2, -0.15) is 5.10 Å². The molecule has 2 rings (SSSR count). The number of nitrogens with two attached hydrogens (primary N) is 1. The van der Waals surface area contributed by atoms with Crippen molar-refractivity contribution in [3.05, 3.63) is 41.2 Å². The van der Waals surface area contributed by atoms with Gasteiger partial charge in [-0.1, -0.05) is 11.6 Å². The summed E-state index contributed by atoms with van der Waals surface area (Å²) in [5, 5.41) is 11.6. The molecule has 1 amide bonds. The smallest absolute Gasteiger partial charge is 0.307 e. The zero-order chi connectivity index (χ0) is 22.5. The van der Waals surface area contributed by atoms with Crippen LogP contribution in [0.2, 0.25) is 5.02 Å². The van der Waals surface area contributed by atoms with Crippen molar-refractivity contribution < 1.29 is 32.3 Å². The largest absolute Gasteiger partial charge is 0.469 e. The van der Waals surface area contributed by atoms with Crippen LogP contribution in [0.15, 0.2) is 35.5 Å². The van der Waals surface area contributed by atoms with Gasteiger partial charge in [-0.3, -0.25) is 19.1 Å². The van der Waals surface area contributed by atoms with E-state index in [0.29, 0.717) is 0 Å². The van der Waals surface area contributed by atoms with Crippen molar-refractivity contribution in [2.45, 2.75) is 23.8 Å². The lowest BCUT2D eigenvalue weighted by Gasteiger charge is -2.15. The topological polar surface area (TPSA) is 160 Å². The molecule has 0 aliphatic rings. The van der Waals surface area contributed by atoms with Crippen molar-refractivity contribution in [1.29, 1.82) is 0 Å². The van der Waals surface area contributed by atoms with Crippen LogP contribution in [0.1, 0.15) is 29.2 Å². The minimum Gasteiger partial charge on any atom is -0.469 e. The molecule has 1 heterocycles. The van der Waals surface area contributed by atoms with Crippen LogP contribution in [0.5, 0.6) is 0 Å². The fraction of sp³-hybridized carbons (Fsp3) is 0.294. The maximum absolute atomic E-state index is 12.5. The molecule has 1 aromatic heterocycles. The van der Waals surface area contributed by atoms with E-state index in [1.807, 2.05) is 0 Å². The predicted octanol–water partition coefficient (Wildman–Crippen LogP) is 1.10. The highest BCUT2D eigenvalue weighted by atomic mass is 35.5. The molecule has 13 heteroatoms. The minimum atomic E-state index is -4.11. The Bertz CT molecular complexity index is 1050. The number of halogens is 1. The van der Waals surface area contributed by atoms with Crippen molar-refractivity contribution in [1.82, 2.24) is 9.78 Å². The molecule has 0 unspecified atom stereocenters. The molecule has 0 aliphatic heterocycles. The average molecular weight is 459 g/mol.